The summed E-state index contributed by atoms with van der Waals surface area (Å²) in [6.07, 6.45) is 0. The zero-order valence-corrected chi connectivity index (χ0v) is 19.5. The highest BCUT2D eigenvalue weighted by atomic mass is 32.1. The second-order valence-corrected chi connectivity index (χ2v) is 8.88. The summed E-state index contributed by atoms with van der Waals surface area (Å²) in [6.45, 7) is 7.41. The number of rotatable bonds is 8. The minimum absolute atomic E-state index is 0.212. The van der Waals surface area contributed by atoms with E-state index in [9.17, 15) is 4.39 Å². The molecule has 1 heterocycles. The normalized spacial score (nSPS) is 11.7. The predicted molar refractivity (Wildman–Crippen MR) is 134 cm³/mol. The van der Waals surface area contributed by atoms with Crippen molar-refractivity contribution in [2.45, 2.75) is 32.8 Å². The van der Waals surface area contributed by atoms with E-state index in [4.69, 9.17) is 9.39 Å². The van der Waals surface area contributed by atoms with Crippen molar-refractivity contribution in [1.82, 2.24) is 4.57 Å². The van der Waals surface area contributed by atoms with Gasteiger partial charge in [0.2, 0.25) is 0 Å². The average Bonchev–Trinajstić information content (AvgIpc) is 3.20. The van der Waals surface area contributed by atoms with Crippen LogP contribution in [0.15, 0.2) is 72.8 Å². The second-order valence-electron chi connectivity index (χ2n) is 8.62. The highest BCUT2D eigenvalue weighted by Crippen LogP contribution is 2.37. The number of nitrogens with zero attached hydrogens (tertiary/aromatic N) is 1. The zero-order chi connectivity index (χ0) is 22.7. The van der Waals surface area contributed by atoms with Gasteiger partial charge in [-0.05, 0) is 54.4 Å². The Bertz CT molecular complexity index is 1220. The van der Waals surface area contributed by atoms with E-state index in [1.54, 1.807) is 6.92 Å². The fourth-order valence-electron chi connectivity index (χ4n) is 3.98. The molecule has 0 saturated carbocycles. The molecule has 0 amide bonds. The Kier molecular flexibility index (Phi) is 6.63. The molecule has 164 valence electrons. The Morgan fingerprint density at radius 3 is 2.50 bits per heavy atom. The van der Waals surface area contributed by atoms with Gasteiger partial charge in [0.15, 0.2) is 0 Å². The van der Waals surface area contributed by atoms with E-state index in [0.29, 0.717) is 25.5 Å². The molecule has 0 aliphatic heterocycles. The SMILES string of the molecule is Cc1cc(-n2c(C(C)(C)COBS)cc3c(OCc4ccccc4)cccc32)ccc1F. The molecule has 4 rings (SSSR count). The quantitative estimate of drug-likeness (QED) is 0.259. The second kappa shape index (κ2) is 9.43. The lowest BCUT2D eigenvalue weighted by molar-refractivity contribution is 0.253. The van der Waals surface area contributed by atoms with E-state index in [1.165, 1.54) is 6.07 Å². The molecule has 0 aliphatic rings. The Labute approximate surface area is 194 Å². The molecule has 4 aromatic rings. The van der Waals surface area contributed by atoms with Crippen LogP contribution >= 0.6 is 12.5 Å². The minimum Gasteiger partial charge on any atom is -0.488 e. The van der Waals surface area contributed by atoms with Gasteiger partial charge in [-0.25, -0.2) is 4.39 Å². The molecule has 0 radical (unpaired) electrons. The number of fused-ring (bicyclic) bond motifs is 1. The first kappa shape index (κ1) is 22.5. The van der Waals surface area contributed by atoms with E-state index in [-0.39, 0.29) is 11.2 Å². The van der Waals surface area contributed by atoms with Crippen LogP contribution in [0.5, 0.6) is 5.75 Å². The summed E-state index contributed by atoms with van der Waals surface area (Å²) in [7, 11) is 0. The number of hydrogen-bond acceptors (Lipinski definition) is 3. The molecular weight excluding hydrogens is 420 g/mol. The Morgan fingerprint density at radius 1 is 1.00 bits per heavy atom. The van der Waals surface area contributed by atoms with Gasteiger partial charge in [0.25, 0.3) is 0 Å². The molecule has 1 aromatic heterocycles. The number of hydrogen-bond donors (Lipinski definition) is 1. The third-order valence-electron chi connectivity index (χ3n) is 5.69. The van der Waals surface area contributed by atoms with Crippen molar-refractivity contribution in [2.75, 3.05) is 6.61 Å². The summed E-state index contributed by atoms with van der Waals surface area (Å²) in [5.74, 6) is 0.604. The van der Waals surface area contributed by atoms with E-state index in [1.807, 2.05) is 42.5 Å². The first-order valence-corrected chi connectivity index (χ1v) is 11.3. The van der Waals surface area contributed by atoms with Crippen molar-refractivity contribution in [3.05, 3.63) is 95.4 Å². The van der Waals surface area contributed by atoms with Gasteiger partial charge < -0.3 is 14.0 Å². The van der Waals surface area contributed by atoms with Crippen molar-refractivity contribution in [2.24, 2.45) is 0 Å². The maximum atomic E-state index is 14.0. The number of benzene rings is 3. The molecule has 3 nitrogen and oxygen atoms in total. The van der Waals surface area contributed by atoms with Crippen LogP contribution in [0.2, 0.25) is 0 Å². The smallest absolute Gasteiger partial charge is 0.339 e. The topological polar surface area (TPSA) is 23.4 Å². The number of halogens is 1. The van der Waals surface area contributed by atoms with E-state index in [2.05, 4.69) is 55.2 Å². The molecule has 0 atom stereocenters. The minimum atomic E-state index is -0.305. The molecule has 0 bridgehead atoms. The molecule has 32 heavy (non-hydrogen) atoms. The van der Waals surface area contributed by atoms with Crippen molar-refractivity contribution < 1.29 is 13.8 Å². The molecule has 0 spiro atoms. The van der Waals surface area contributed by atoms with Gasteiger partial charge in [0.05, 0.1) is 5.52 Å². The van der Waals surface area contributed by atoms with Crippen molar-refractivity contribution in [3.8, 4) is 11.4 Å². The Balaban J connectivity index is 1.85. The summed E-state index contributed by atoms with van der Waals surface area (Å²) in [6, 6.07) is 23.6. The Morgan fingerprint density at radius 2 is 1.78 bits per heavy atom. The fraction of sp³-hybridized carbons (Fsp3) is 0.231. The Hall–Kier alpha value is -2.70. The number of aromatic nitrogens is 1. The summed E-state index contributed by atoms with van der Waals surface area (Å²) >= 11 is 4.20. The van der Waals surface area contributed by atoms with Crippen LogP contribution in [-0.4, -0.2) is 17.9 Å². The predicted octanol–water partition coefficient (Wildman–Crippen LogP) is 6.15. The van der Waals surface area contributed by atoms with E-state index >= 15 is 0 Å². The largest absolute Gasteiger partial charge is 0.488 e. The van der Waals surface area contributed by atoms with Crippen LogP contribution in [0.25, 0.3) is 16.6 Å². The van der Waals surface area contributed by atoms with Crippen LogP contribution < -0.4 is 4.74 Å². The third kappa shape index (κ3) is 4.57. The van der Waals surface area contributed by atoms with Crippen LogP contribution in [0.1, 0.15) is 30.7 Å². The van der Waals surface area contributed by atoms with Crippen molar-refractivity contribution in [1.29, 1.82) is 0 Å². The van der Waals surface area contributed by atoms with Crippen molar-refractivity contribution in [3.63, 3.8) is 0 Å². The maximum Gasteiger partial charge on any atom is 0.339 e. The summed E-state index contributed by atoms with van der Waals surface area (Å²) < 4.78 is 28.1. The highest BCUT2D eigenvalue weighted by molar-refractivity contribution is 8.06. The monoisotopic (exact) mass is 447 g/mol. The first-order valence-electron chi connectivity index (χ1n) is 10.7. The van der Waals surface area contributed by atoms with Crippen LogP contribution in [0.4, 0.5) is 4.39 Å². The lowest BCUT2D eigenvalue weighted by Crippen LogP contribution is -2.27. The van der Waals surface area contributed by atoms with E-state index in [0.717, 1.165) is 33.6 Å². The van der Waals surface area contributed by atoms with Gasteiger partial charge in [0.1, 0.15) is 18.2 Å². The molecular formula is C26H27BFNO2S. The maximum absolute atomic E-state index is 14.0. The number of thiol groups is 1. The van der Waals surface area contributed by atoms with Crippen molar-refractivity contribution >= 4 is 30.1 Å². The third-order valence-corrected chi connectivity index (χ3v) is 5.87. The number of ether oxygens (including phenoxy) is 1. The standard InChI is InChI=1S/C26H27BFNO2S/c1-18-14-20(12-13-22(18)28)29-23-10-7-11-24(30-16-19-8-5-4-6-9-19)21(23)15-25(29)26(2,3)17-31-27-32/h4-15,27,32H,16-17H2,1-3H3. The lowest BCUT2D eigenvalue weighted by atomic mass is 9.89. The van der Waals surface area contributed by atoms with Gasteiger partial charge in [-0.15, -0.1) is 0 Å². The summed E-state index contributed by atoms with van der Waals surface area (Å²) in [4.78, 5) is 0. The van der Waals surface area contributed by atoms with Crippen LogP contribution in [-0.2, 0) is 16.7 Å². The lowest BCUT2D eigenvalue weighted by Gasteiger charge is -2.27. The van der Waals surface area contributed by atoms with E-state index < -0.39 is 0 Å². The van der Waals surface area contributed by atoms with Gasteiger partial charge in [-0.3, -0.25) is 0 Å². The molecule has 0 saturated heterocycles. The summed E-state index contributed by atoms with van der Waals surface area (Å²) in [5, 5.41) is 1.01. The first-order chi connectivity index (χ1) is 15.4. The van der Waals surface area contributed by atoms with Gasteiger partial charge >= 0.3 is 6.76 Å². The van der Waals surface area contributed by atoms with Crippen LogP contribution in [0.3, 0.4) is 0 Å². The van der Waals surface area contributed by atoms with Crippen LogP contribution in [0, 0.1) is 12.7 Å². The van der Waals surface area contributed by atoms with Gasteiger partial charge in [-0.2, -0.15) is 12.5 Å². The fourth-order valence-corrected chi connectivity index (χ4v) is 4.07. The number of aryl methyl sites for hydroxylation is 1. The molecule has 0 unspecified atom stereocenters. The molecule has 0 N–H and O–H groups in total. The molecule has 6 heteroatoms. The molecule has 3 aromatic carbocycles. The molecule has 0 fully saturated rings. The zero-order valence-electron chi connectivity index (χ0n) is 18.6. The highest BCUT2D eigenvalue weighted by Gasteiger charge is 2.28. The average molecular weight is 447 g/mol. The van der Waals surface area contributed by atoms with Gasteiger partial charge in [-0.1, -0.05) is 50.2 Å². The molecule has 0 aliphatic carbocycles. The summed E-state index contributed by atoms with van der Waals surface area (Å²) in [5.41, 5.74) is 4.40. The van der Waals surface area contributed by atoms with Gasteiger partial charge in [0, 0.05) is 28.8 Å².